The summed E-state index contributed by atoms with van der Waals surface area (Å²) < 4.78 is 41.5. The molecular weight excluding hydrogens is 311 g/mol. The Labute approximate surface area is 129 Å². The summed E-state index contributed by atoms with van der Waals surface area (Å²) in [7, 11) is 0. The summed E-state index contributed by atoms with van der Waals surface area (Å²) in [6.07, 6.45) is 2.38. The summed E-state index contributed by atoms with van der Waals surface area (Å²) in [5, 5.41) is 5.21. The molecule has 1 aliphatic rings. The van der Waals surface area contributed by atoms with E-state index in [1.165, 1.54) is 6.20 Å². The normalized spacial score (nSPS) is 14.6. The molecule has 0 unspecified atom stereocenters. The summed E-state index contributed by atoms with van der Waals surface area (Å²) in [5.41, 5.74) is 5.18. The molecule has 1 aliphatic heterocycles. The fourth-order valence-electron chi connectivity index (χ4n) is 1.95. The maximum absolute atomic E-state index is 12.4. The standard InChI is InChI=1S/C14H12F3N5O/c1-9-3-2-6-19-22(9)8-11-5-4-10(7-18-11)12-20-13(23-21-12)14(15,16)17/h2-7,19H,8H2,1H3. The van der Waals surface area contributed by atoms with E-state index < -0.39 is 12.1 Å². The second-order valence-corrected chi connectivity index (χ2v) is 4.84. The lowest BCUT2D eigenvalue weighted by Gasteiger charge is -2.26. The molecule has 0 aliphatic carbocycles. The Morgan fingerprint density at radius 3 is 2.74 bits per heavy atom. The van der Waals surface area contributed by atoms with Gasteiger partial charge in [0.1, 0.15) is 0 Å². The molecule has 3 heterocycles. The van der Waals surface area contributed by atoms with Crippen LogP contribution in [0.2, 0.25) is 0 Å². The third-order valence-electron chi connectivity index (χ3n) is 3.16. The van der Waals surface area contributed by atoms with Crippen molar-refractivity contribution >= 4 is 0 Å². The predicted molar refractivity (Wildman–Crippen MR) is 74.1 cm³/mol. The van der Waals surface area contributed by atoms with Crippen molar-refractivity contribution in [3.63, 3.8) is 0 Å². The zero-order chi connectivity index (χ0) is 16.4. The monoisotopic (exact) mass is 323 g/mol. The molecular formula is C14H12F3N5O. The highest BCUT2D eigenvalue weighted by molar-refractivity contribution is 5.52. The van der Waals surface area contributed by atoms with E-state index >= 15 is 0 Å². The number of alkyl halides is 3. The molecule has 0 atom stereocenters. The first-order chi connectivity index (χ1) is 10.9. The van der Waals surface area contributed by atoms with Gasteiger partial charge in [-0.3, -0.25) is 9.99 Å². The molecule has 0 aromatic carbocycles. The Balaban J connectivity index is 1.73. The summed E-state index contributed by atoms with van der Waals surface area (Å²) in [4.78, 5) is 7.54. The average molecular weight is 323 g/mol. The number of aromatic nitrogens is 3. The average Bonchev–Trinajstić information content (AvgIpc) is 3.00. The van der Waals surface area contributed by atoms with Crippen LogP contribution in [-0.4, -0.2) is 20.1 Å². The Morgan fingerprint density at radius 2 is 2.13 bits per heavy atom. The molecule has 0 bridgehead atoms. The quantitative estimate of drug-likeness (QED) is 0.937. The minimum Gasteiger partial charge on any atom is -0.329 e. The van der Waals surface area contributed by atoms with E-state index in [0.717, 1.165) is 11.4 Å². The van der Waals surface area contributed by atoms with Crippen molar-refractivity contribution in [2.75, 3.05) is 0 Å². The lowest BCUT2D eigenvalue weighted by Crippen LogP contribution is -2.33. The predicted octanol–water partition coefficient (Wildman–Crippen LogP) is 2.89. The number of allylic oxidation sites excluding steroid dienone is 3. The maximum atomic E-state index is 12.4. The second-order valence-electron chi connectivity index (χ2n) is 4.84. The van der Waals surface area contributed by atoms with Crippen molar-refractivity contribution in [2.24, 2.45) is 0 Å². The lowest BCUT2D eigenvalue weighted by atomic mass is 10.2. The van der Waals surface area contributed by atoms with Gasteiger partial charge in [-0.25, -0.2) is 0 Å². The fourth-order valence-corrected chi connectivity index (χ4v) is 1.95. The largest absolute Gasteiger partial charge is 0.471 e. The molecule has 9 heteroatoms. The van der Waals surface area contributed by atoms with Gasteiger partial charge < -0.3 is 9.95 Å². The zero-order valence-electron chi connectivity index (χ0n) is 12.0. The van der Waals surface area contributed by atoms with E-state index in [9.17, 15) is 13.2 Å². The Kier molecular flexibility index (Phi) is 3.77. The van der Waals surface area contributed by atoms with Crippen molar-refractivity contribution in [3.8, 4) is 11.4 Å². The van der Waals surface area contributed by atoms with Crippen molar-refractivity contribution in [1.82, 2.24) is 25.6 Å². The summed E-state index contributed by atoms with van der Waals surface area (Å²) in [6, 6.07) is 3.30. The van der Waals surface area contributed by atoms with Crippen LogP contribution in [0.3, 0.4) is 0 Å². The maximum Gasteiger partial charge on any atom is 0.471 e. The highest BCUT2D eigenvalue weighted by Gasteiger charge is 2.38. The summed E-state index contributed by atoms with van der Waals surface area (Å²) >= 11 is 0. The topological polar surface area (TPSA) is 67.1 Å². The number of nitrogens with zero attached hydrogens (tertiary/aromatic N) is 4. The van der Waals surface area contributed by atoms with E-state index in [4.69, 9.17) is 0 Å². The number of rotatable bonds is 3. The minimum atomic E-state index is -4.66. The molecule has 0 saturated heterocycles. The van der Waals surface area contributed by atoms with Crippen molar-refractivity contribution in [2.45, 2.75) is 19.6 Å². The van der Waals surface area contributed by atoms with Gasteiger partial charge in [0, 0.05) is 23.7 Å². The SMILES string of the molecule is CC1=CC=CNN1Cc1ccc(-c2noc(C(F)(F)F)n2)cn1. The van der Waals surface area contributed by atoms with E-state index in [-0.39, 0.29) is 5.82 Å². The Hall–Kier alpha value is -2.84. The molecule has 6 nitrogen and oxygen atoms in total. The molecule has 1 N–H and O–H groups in total. The van der Waals surface area contributed by atoms with Crippen LogP contribution in [0.25, 0.3) is 11.4 Å². The number of hydrogen-bond acceptors (Lipinski definition) is 6. The highest BCUT2D eigenvalue weighted by Crippen LogP contribution is 2.29. The number of halogens is 3. The van der Waals surface area contributed by atoms with Gasteiger partial charge in [-0.05, 0) is 31.2 Å². The van der Waals surface area contributed by atoms with E-state index in [1.807, 2.05) is 24.1 Å². The molecule has 0 amide bonds. The van der Waals surface area contributed by atoms with Gasteiger partial charge in [0.2, 0.25) is 5.82 Å². The van der Waals surface area contributed by atoms with Crippen LogP contribution in [0, 0.1) is 0 Å². The van der Waals surface area contributed by atoms with Crippen LogP contribution < -0.4 is 5.43 Å². The molecule has 3 rings (SSSR count). The Morgan fingerprint density at radius 1 is 1.30 bits per heavy atom. The molecule has 0 spiro atoms. The number of hydrogen-bond donors (Lipinski definition) is 1. The van der Waals surface area contributed by atoms with Gasteiger partial charge >= 0.3 is 12.1 Å². The number of hydrazine groups is 1. The van der Waals surface area contributed by atoms with E-state index in [1.54, 1.807) is 18.3 Å². The summed E-state index contributed by atoms with van der Waals surface area (Å²) in [5.74, 6) is -1.52. The van der Waals surface area contributed by atoms with Gasteiger partial charge in [0.15, 0.2) is 0 Å². The van der Waals surface area contributed by atoms with Crippen LogP contribution in [0.5, 0.6) is 0 Å². The zero-order valence-corrected chi connectivity index (χ0v) is 12.0. The minimum absolute atomic E-state index is 0.147. The van der Waals surface area contributed by atoms with Crippen LogP contribution in [-0.2, 0) is 12.7 Å². The van der Waals surface area contributed by atoms with Gasteiger partial charge in [-0.2, -0.15) is 18.2 Å². The van der Waals surface area contributed by atoms with Gasteiger partial charge in [-0.1, -0.05) is 5.16 Å². The summed E-state index contributed by atoms with van der Waals surface area (Å²) in [6.45, 7) is 2.45. The molecule has 0 saturated carbocycles. The van der Waals surface area contributed by atoms with Gasteiger partial charge in [0.25, 0.3) is 0 Å². The van der Waals surface area contributed by atoms with Crippen molar-refractivity contribution in [3.05, 3.63) is 54.0 Å². The first-order valence-corrected chi connectivity index (χ1v) is 6.67. The molecule has 2 aromatic heterocycles. The van der Waals surface area contributed by atoms with E-state index in [0.29, 0.717) is 12.1 Å². The van der Waals surface area contributed by atoms with Gasteiger partial charge in [-0.15, -0.1) is 0 Å². The van der Waals surface area contributed by atoms with Crippen LogP contribution >= 0.6 is 0 Å². The lowest BCUT2D eigenvalue weighted by molar-refractivity contribution is -0.159. The first-order valence-electron chi connectivity index (χ1n) is 6.67. The van der Waals surface area contributed by atoms with Crippen molar-refractivity contribution < 1.29 is 17.7 Å². The van der Waals surface area contributed by atoms with Crippen LogP contribution in [0.1, 0.15) is 18.5 Å². The number of pyridine rings is 1. The fraction of sp³-hybridized carbons (Fsp3) is 0.214. The first kappa shape index (κ1) is 15.1. The third-order valence-corrected chi connectivity index (χ3v) is 3.16. The van der Waals surface area contributed by atoms with E-state index in [2.05, 4.69) is 25.1 Å². The smallest absolute Gasteiger partial charge is 0.329 e. The Bertz CT molecular complexity index is 749. The van der Waals surface area contributed by atoms with Crippen molar-refractivity contribution in [1.29, 1.82) is 0 Å². The molecule has 120 valence electrons. The molecule has 23 heavy (non-hydrogen) atoms. The molecule has 0 fully saturated rings. The number of nitrogens with one attached hydrogen (secondary N) is 1. The van der Waals surface area contributed by atoms with Gasteiger partial charge in [0.05, 0.1) is 12.2 Å². The highest BCUT2D eigenvalue weighted by atomic mass is 19.4. The molecule has 0 radical (unpaired) electrons. The van der Waals surface area contributed by atoms with Crippen LogP contribution in [0.15, 0.2) is 46.9 Å². The third kappa shape index (κ3) is 3.33. The van der Waals surface area contributed by atoms with Crippen LogP contribution in [0.4, 0.5) is 13.2 Å². The molecule has 2 aromatic rings. The second kappa shape index (κ2) is 5.75.